The number of pyridine rings is 1. The van der Waals surface area contributed by atoms with Crippen LogP contribution < -0.4 is 4.90 Å². The van der Waals surface area contributed by atoms with Crippen molar-refractivity contribution >= 4 is 30.6 Å². The van der Waals surface area contributed by atoms with Gasteiger partial charge in [0.2, 0.25) is 0 Å². The Balaban J connectivity index is 0.00000144. The second-order valence-corrected chi connectivity index (χ2v) is 5.92. The van der Waals surface area contributed by atoms with Crippen molar-refractivity contribution in [3.05, 3.63) is 41.9 Å². The van der Waals surface area contributed by atoms with E-state index in [0.29, 0.717) is 6.54 Å². The van der Waals surface area contributed by atoms with Gasteiger partial charge in [-0.25, -0.2) is 9.78 Å². The summed E-state index contributed by atoms with van der Waals surface area (Å²) in [5.74, 6) is 1.87. The van der Waals surface area contributed by atoms with Crippen LogP contribution in [0.2, 0.25) is 0 Å². The van der Waals surface area contributed by atoms with Crippen molar-refractivity contribution in [2.45, 2.75) is 13.0 Å². The number of piperidine rings is 1. The summed E-state index contributed by atoms with van der Waals surface area (Å²) < 4.78 is 1.62. The van der Waals surface area contributed by atoms with E-state index in [1.807, 2.05) is 18.3 Å². The first-order chi connectivity index (χ1) is 10.2. The van der Waals surface area contributed by atoms with E-state index in [1.54, 1.807) is 4.68 Å². The van der Waals surface area contributed by atoms with Gasteiger partial charge in [-0.05, 0) is 29.9 Å². The minimum absolute atomic E-state index is 0. The third-order valence-corrected chi connectivity index (χ3v) is 4.34. The first kappa shape index (κ1) is 15.1. The molecule has 2 fully saturated rings. The fourth-order valence-corrected chi connectivity index (χ4v) is 3.03. The normalized spacial score (nSPS) is 22.1. The number of carbonyl (C=O) groups is 1. The molecule has 0 spiro atoms. The molecule has 2 unspecified atom stereocenters. The maximum atomic E-state index is 10.8. The fourth-order valence-electron chi connectivity index (χ4n) is 3.03. The molecule has 1 N–H and O–H groups in total. The molecule has 110 valence electrons. The van der Waals surface area contributed by atoms with Crippen molar-refractivity contribution in [2.24, 2.45) is 11.8 Å². The van der Waals surface area contributed by atoms with Crippen LogP contribution in [0.5, 0.6) is 0 Å². The van der Waals surface area contributed by atoms with Gasteiger partial charge in [0.15, 0.2) is 0 Å². The number of anilines is 1. The number of hydrogen-bond acceptors (Lipinski definition) is 4. The molecule has 6 nitrogen and oxygen atoms in total. The van der Waals surface area contributed by atoms with Crippen LogP contribution in [0.25, 0.3) is 0 Å². The van der Waals surface area contributed by atoms with Gasteiger partial charge in [-0.15, -0.1) is 0 Å². The molecule has 1 saturated heterocycles. The van der Waals surface area contributed by atoms with Crippen molar-refractivity contribution in [2.75, 3.05) is 18.0 Å². The summed E-state index contributed by atoms with van der Waals surface area (Å²) in [6, 6.07) is 4.08. The van der Waals surface area contributed by atoms with E-state index in [0.717, 1.165) is 36.3 Å². The van der Waals surface area contributed by atoms with E-state index in [1.165, 1.54) is 18.8 Å². The van der Waals surface area contributed by atoms with E-state index in [-0.39, 0.29) is 24.4 Å². The third kappa shape index (κ3) is 2.89. The summed E-state index contributed by atoms with van der Waals surface area (Å²) in [5, 5.41) is 12.9. The van der Waals surface area contributed by atoms with Crippen molar-refractivity contribution in [1.29, 1.82) is 0 Å². The van der Waals surface area contributed by atoms with Gasteiger partial charge in [0.25, 0.3) is 0 Å². The number of rotatable bonds is 4. The second kappa shape index (κ2) is 5.79. The van der Waals surface area contributed by atoms with Crippen LogP contribution in [-0.4, -0.2) is 57.8 Å². The Labute approximate surface area is 140 Å². The molecule has 4 rings (SSSR count). The summed E-state index contributed by atoms with van der Waals surface area (Å²) in [7, 11) is 0. The SMILES string of the molecule is O=C(O)c1cnn(Cc2ccc(N3CC4CC4C3)nc2)c1.[LiH]. The van der Waals surface area contributed by atoms with Crippen LogP contribution in [0.1, 0.15) is 22.3 Å². The van der Waals surface area contributed by atoms with Gasteiger partial charge < -0.3 is 10.0 Å². The van der Waals surface area contributed by atoms with Crippen molar-refractivity contribution < 1.29 is 9.90 Å². The summed E-state index contributed by atoms with van der Waals surface area (Å²) in [6.45, 7) is 2.81. The first-order valence-electron chi connectivity index (χ1n) is 7.14. The Morgan fingerprint density at radius 3 is 2.64 bits per heavy atom. The Morgan fingerprint density at radius 1 is 1.27 bits per heavy atom. The second-order valence-electron chi connectivity index (χ2n) is 5.92. The molecule has 2 aromatic heterocycles. The van der Waals surface area contributed by atoms with Gasteiger partial charge >= 0.3 is 24.8 Å². The Morgan fingerprint density at radius 2 is 2.05 bits per heavy atom. The van der Waals surface area contributed by atoms with Crippen molar-refractivity contribution in [3.8, 4) is 0 Å². The average Bonchev–Trinajstić information content (AvgIpc) is 2.90. The summed E-state index contributed by atoms with van der Waals surface area (Å²) in [4.78, 5) is 17.7. The molecule has 0 radical (unpaired) electrons. The van der Waals surface area contributed by atoms with E-state index < -0.39 is 5.97 Å². The molecule has 3 heterocycles. The zero-order valence-electron chi connectivity index (χ0n) is 11.5. The molecule has 7 heteroatoms. The number of aromatic carboxylic acids is 1. The molecule has 1 saturated carbocycles. The maximum absolute atomic E-state index is 10.8. The molecule has 0 aromatic carbocycles. The summed E-state index contributed by atoms with van der Waals surface area (Å²) in [5.41, 5.74) is 1.22. The standard InChI is InChI=1S/C15H16N4O2.Li.H/c20-15(21)13-5-17-19(9-13)6-10-1-2-14(16-4-10)18-7-11-3-12(11)8-18;;/h1-2,4-5,9,11-12H,3,6-8H2,(H,20,21);;. The van der Waals surface area contributed by atoms with Gasteiger partial charge in [-0.1, -0.05) is 6.07 Å². The van der Waals surface area contributed by atoms with Gasteiger partial charge in [0.1, 0.15) is 5.82 Å². The number of nitrogens with zero attached hydrogens (tertiary/aromatic N) is 4. The van der Waals surface area contributed by atoms with Crippen LogP contribution in [-0.2, 0) is 6.54 Å². The van der Waals surface area contributed by atoms with Crippen LogP contribution in [0.3, 0.4) is 0 Å². The Kier molecular flexibility index (Phi) is 3.98. The molecule has 2 atom stereocenters. The Bertz CT molecular complexity index is 675. The average molecular weight is 292 g/mol. The number of aromatic nitrogens is 3. The quantitative estimate of drug-likeness (QED) is 0.845. The van der Waals surface area contributed by atoms with Crippen LogP contribution >= 0.6 is 0 Å². The molecule has 2 aliphatic rings. The third-order valence-electron chi connectivity index (χ3n) is 4.34. The molecular formula is C15H17LiN4O2. The van der Waals surface area contributed by atoms with Gasteiger partial charge in [-0.3, -0.25) is 4.68 Å². The first-order valence-corrected chi connectivity index (χ1v) is 7.14. The van der Waals surface area contributed by atoms with E-state index in [9.17, 15) is 4.79 Å². The van der Waals surface area contributed by atoms with Crippen molar-refractivity contribution in [1.82, 2.24) is 14.8 Å². The molecule has 1 aliphatic carbocycles. The summed E-state index contributed by atoms with van der Waals surface area (Å²) in [6.07, 6.45) is 6.13. The molecule has 2 aromatic rings. The monoisotopic (exact) mass is 292 g/mol. The number of carboxylic acid groups (broad SMARTS) is 1. The predicted octanol–water partition coefficient (Wildman–Crippen LogP) is 0.832. The van der Waals surface area contributed by atoms with E-state index >= 15 is 0 Å². The fraction of sp³-hybridized carbons (Fsp3) is 0.400. The predicted molar refractivity (Wildman–Crippen MR) is 83.5 cm³/mol. The van der Waals surface area contributed by atoms with E-state index in [2.05, 4.69) is 15.0 Å². The van der Waals surface area contributed by atoms with Gasteiger partial charge in [0, 0.05) is 25.5 Å². The van der Waals surface area contributed by atoms with Crippen molar-refractivity contribution in [3.63, 3.8) is 0 Å². The van der Waals surface area contributed by atoms with Gasteiger partial charge in [0.05, 0.1) is 18.3 Å². The molecule has 0 amide bonds. The van der Waals surface area contributed by atoms with Gasteiger partial charge in [-0.2, -0.15) is 5.10 Å². The van der Waals surface area contributed by atoms with Crippen LogP contribution in [0.15, 0.2) is 30.7 Å². The van der Waals surface area contributed by atoms with Crippen LogP contribution in [0, 0.1) is 11.8 Å². The topological polar surface area (TPSA) is 71.2 Å². The zero-order chi connectivity index (χ0) is 14.4. The van der Waals surface area contributed by atoms with Crippen LogP contribution in [0.4, 0.5) is 5.82 Å². The molecular weight excluding hydrogens is 275 g/mol. The number of hydrogen-bond donors (Lipinski definition) is 1. The minimum atomic E-state index is -0.956. The number of carboxylic acids is 1. The molecule has 22 heavy (non-hydrogen) atoms. The van der Waals surface area contributed by atoms with E-state index in [4.69, 9.17) is 5.11 Å². The summed E-state index contributed by atoms with van der Waals surface area (Å²) >= 11 is 0. The zero-order valence-corrected chi connectivity index (χ0v) is 11.5. The molecule has 1 aliphatic heterocycles. The molecule has 0 bridgehead atoms. The Hall–Kier alpha value is -1.77. The number of fused-ring (bicyclic) bond motifs is 1.